The van der Waals surface area contributed by atoms with Crippen molar-refractivity contribution in [3.8, 4) is 11.8 Å². The van der Waals surface area contributed by atoms with Crippen LogP contribution in [0.25, 0.3) is 6.08 Å². The Kier molecular flexibility index (Phi) is 6.12. The molecule has 0 atom stereocenters. The van der Waals surface area contributed by atoms with Crippen molar-refractivity contribution in [2.75, 3.05) is 0 Å². The zero-order valence-electron chi connectivity index (χ0n) is 17.0. The van der Waals surface area contributed by atoms with Crippen LogP contribution in [0, 0.1) is 17.1 Å². The first kappa shape index (κ1) is 21.0. The minimum atomic E-state index is -0.566. The average molecular weight is 404 g/mol. The van der Waals surface area contributed by atoms with E-state index in [1.165, 1.54) is 6.07 Å². The molecule has 2 aromatic carbocycles. The molecular weight excluding hydrogens is 383 g/mol. The predicted molar refractivity (Wildman–Crippen MR) is 110 cm³/mol. The number of benzene rings is 2. The first-order valence-electron chi connectivity index (χ1n) is 9.50. The Hall–Kier alpha value is -3.72. The first-order chi connectivity index (χ1) is 14.3. The zero-order valence-corrected chi connectivity index (χ0v) is 17.0. The van der Waals surface area contributed by atoms with Gasteiger partial charge >= 0.3 is 0 Å². The van der Waals surface area contributed by atoms with Crippen molar-refractivity contribution < 1.29 is 18.7 Å². The van der Waals surface area contributed by atoms with E-state index in [-0.39, 0.29) is 24.0 Å². The molecule has 0 aliphatic carbocycles. The molecule has 2 aromatic rings. The highest BCUT2D eigenvalue weighted by Crippen LogP contribution is 2.28. The van der Waals surface area contributed by atoms with E-state index in [1.807, 2.05) is 6.07 Å². The highest BCUT2D eigenvalue weighted by atomic mass is 19.1. The summed E-state index contributed by atoms with van der Waals surface area (Å²) in [6.07, 6.45) is 1.65. The number of rotatable bonds is 5. The first-order valence-corrected chi connectivity index (χ1v) is 9.50. The number of ether oxygens (including phenoxy) is 1. The molecule has 0 saturated carbocycles. The van der Waals surface area contributed by atoms with E-state index in [2.05, 4.69) is 0 Å². The normalized spacial score (nSPS) is 15.7. The minimum Gasteiger partial charge on any atom is -0.489 e. The molecule has 0 bridgehead atoms. The Morgan fingerprint density at radius 3 is 2.37 bits per heavy atom. The Bertz CT molecular complexity index is 1090. The number of hydrogen-bond acceptors (Lipinski definition) is 4. The number of nitriles is 1. The third kappa shape index (κ3) is 4.15. The van der Waals surface area contributed by atoms with Gasteiger partial charge in [0.25, 0.3) is 11.8 Å². The van der Waals surface area contributed by atoms with Gasteiger partial charge in [-0.25, -0.2) is 4.39 Å². The maximum atomic E-state index is 13.7. The van der Waals surface area contributed by atoms with Crippen molar-refractivity contribution in [1.29, 1.82) is 5.26 Å². The fourth-order valence-electron chi connectivity index (χ4n) is 3.17. The van der Waals surface area contributed by atoms with Crippen LogP contribution in [0.1, 0.15) is 31.9 Å². The second-order valence-electron chi connectivity index (χ2n) is 7.19. The summed E-state index contributed by atoms with van der Waals surface area (Å²) >= 11 is 0. The second-order valence-corrected chi connectivity index (χ2v) is 7.19. The van der Waals surface area contributed by atoms with Gasteiger partial charge < -0.3 is 4.74 Å². The van der Waals surface area contributed by atoms with Crippen LogP contribution in [0.15, 0.2) is 65.3 Å². The maximum absolute atomic E-state index is 13.7. The highest BCUT2D eigenvalue weighted by Gasteiger charge is 2.36. The van der Waals surface area contributed by atoms with E-state index in [0.717, 1.165) is 4.90 Å². The van der Waals surface area contributed by atoms with Crippen LogP contribution in [0.5, 0.6) is 5.75 Å². The third-order valence-electron chi connectivity index (χ3n) is 4.83. The fourth-order valence-corrected chi connectivity index (χ4v) is 3.17. The molecule has 5 nitrogen and oxygen atoms in total. The Balaban J connectivity index is 1.84. The molecule has 1 aliphatic heterocycles. The van der Waals surface area contributed by atoms with Gasteiger partial charge in [0.2, 0.25) is 0 Å². The van der Waals surface area contributed by atoms with Gasteiger partial charge in [-0.05, 0) is 56.2 Å². The van der Waals surface area contributed by atoms with Gasteiger partial charge in [0, 0.05) is 17.2 Å². The van der Waals surface area contributed by atoms with E-state index in [1.54, 1.807) is 69.3 Å². The molecule has 6 heteroatoms. The van der Waals surface area contributed by atoms with Crippen LogP contribution in [-0.4, -0.2) is 22.8 Å². The van der Waals surface area contributed by atoms with Crippen molar-refractivity contribution in [2.45, 2.75) is 33.4 Å². The predicted octanol–water partition coefficient (Wildman–Crippen LogP) is 4.41. The van der Waals surface area contributed by atoms with Gasteiger partial charge in [-0.3, -0.25) is 14.5 Å². The smallest absolute Gasteiger partial charge is 0.271 e. The Morgan fingerprint density at radius 1 is 1.10 bits per heavy atom. The fraction of sp³-hybridized carbons (Fsp3) is 0.208. The van der Waals surface area contributed by atoms with Gasteiger partial charge in [-0.2, -0.15) is 5.26 Å². The minimum absolute atomic E-state index is 0.0283. The van der Waals surface area contributed by atoms with Crippen LogP contribution in [0.4, 0.5) is 4.39 Å². The summed E-state index contributed by atoms with van der Waals surface area (Å²) in [5, 5.41) is 9.37. The molecule has 3 rings (SSSR count). The molecular formula is C24H21FN2O3. The van der Waals surface area contributed by atoms with E-state index >= 15 is 0 Å². The lowest BCUT2D eigenvalue weighted by Gasteiger charge is -2.30. The number of carbonyl (C=O) groups is 2. The molecule has 152 valence electrons. The van der Waals surface area contributed by atoms with Crippen LogP contribution in [-0.2, 0) is 16.2 Å². The van der Waals surface area contributed by atoms with Crippen molar-refractivity contribution in [3.05, 3.63) is 82.2 Å². The zero-order chi connectivity index (χ0) is 21.8. The van der Waals surface area contributed by atoms with E-state index in [9.17, 15) is 19.2 Å². The average Bonchev–Trinajstić information content (AvgIpc) is 2.71. The van der Waals surface area contributed by atoms with Crippen molar-refractivity contribution in [1.82, 2.24) is 4.90 Å². The largest absolute Gasteiger partial charge is 0.489 e. The lowest BCUT2D eigenvalue weighted by molar-refractivity contribution is -0.142. The van der Waals surface area contributed by atoms with Gasteiger partial charge in [-0.1, -0.05) is 30.3 Å². The summed E-state index contributed by atoms with van der Waals surface area (Å²) in [7, 11) is 0. The van der Waals surface area contributed by atoms with Crippen molar-refractivity contribution in [2.24, 2.45) is 0 Å². The topological polar surface area (TPSA) is 70.4 Å². The van der Waals surface area contributed by atoms with E-state index in [4.69, 9.17) is 4.74 Å². The number of amides is 2. The lowest BCUT2D eigenvalue weighted by atomic mass is 9.93. The van der Waals surface area contributed by atoms with E-state index < -0.39 is 11.8 Å². The Labute approximate surface area is 174 Å². The number of halogens is 1. The molecule has 1 aliphatic rings. The summed E-state index contributed by atoms with van der Waals surface area (Å²) < 4.78 is 19.3. The summed E-state index contributed by atoms with van der Waals surface area (Å²) in [4.78, 5) is 26.4. The summed E-state index contributed by atoms with van der Waals surface area (Å²) in [5.74, 6) is -0.760. The molecule has 0 unspecified atom stereocenters. The van der Waals surface area contributed by atoms with Crippen molar-refractivity contribution in [3.63, 3.8) is 0 Å². The molecule has 30 heavy (non-hydrogen) atoms. The highest BCUT2D eigenvalue weighted by molar-refractivity contribution is 6.19. The SMILES string of the molecule is CC1=C(C#N)C(=O)N(C(C)C)C(=O)/C1=C/c1ccc(OCc2ccccc2F)cc1. The van der Waals surface area contributed by atoms with Gasteiger partial charge in [-0.15, -0.1) is 0 Å². The van der Waals surface area contributed by atoms with Crippen LogP contribution in [0.3, 0.4) is 0 Å². The maximum Gasteiger partial charge on any atom is 0.271 e. The quantitative estimate of drug-likeness (QED) is 0.547. The number of hydrogen-bond donors (Lipinski definition) is 0. The van der Waals surface area contributed by atoms with Crippen LogP contribution >= 0.6 is 0 Å². The molecule has 2 amide bonds. The molecule has 1 heterocycles. The number of imide groups is 1. The van der Waals surface area contributed by atoms with Crippen molar-refractivity contribution >= 4 is 17.9 Å². The van der Waals surface area contributed by atoms with E-state index in [0.29, 0.717) is 28.0 Å². The number of carbonyl (C=O) groups excluding carboxylic acids is 2. The summed E-state index contributed by atoms with van der Waals surface area (Å²) in [6, 6.07) is 14.9. The molecule has 0 aromatic heterocycles. The van der Waals surface area contributed by atoms with Crippen LogP contribution in [0.2, 0.25) is 0 Å². The molecule has 0 radical (unpaired) electrons. The number of nitrogens with zero attached hydrogens (tertiary/aromatic N) is 2. The molecule has 0 fully saturated rings. The van der Waals surface area contributed by atoms with Gasteiger partial charge in [0.15, 0.2) is 0 Å². The van der Waals surface area contributed by atoms with Gasteiger partial charge in [0.05, 0.1) is 0 Å². The molecule has 0 saturated heterocycles. The van der Waals surface area contributed by atoms with Crippen LogP contribution < -0.4 is 4.74 Å². The monoisotopic (exact) mass is 404 g/mol. The lowest BCUT2D eigenvalue weighted by Crippen LogP contribution is -2.46. The van der Waals surface area contributed by atoms with Gasteiger partial charge in [0.1, 0.15) is 29.8 Å². The third-order valence-corrected chi connectivity index (χ3v) is 4.83. The summed E-state index contributed by atoms with van der Waals surface area (Å²) in [5.41, 5.74) is 1.81. The second kappa shape index (κ2) is 8.75. The molecule has 0 spiro atoms. The standard InChI is InChI=1S/C24H21FN2O3/c1-15(2)27-23(28)20(16(3)21(13-26)24(27)29)12-17-8-10-19(11-9-17)30-14-18-6-4-5-7-22(18)25/h4-12,15H,14H2,1-3H3/b20-12+. The molecule has 0 N–H and O–H groups in total. The summed E-state index contributed by atoms with van der Waals surface area (Å²) in [6.45, 7) is 5.16. The Morgan fingerprint density at radius 2 is 1.77 bits per heavy atom.